The van der Waals surface area contributed by atoms with Crippen molar-refractivity contribution in [2.45, 2.75) is 32.5 Å². The van der Waals surface area contributed by atoms with Crippen molar-refractivity contribution in [2.75, 3.05) is 13.7 Å². The van der Waals surface area contributed by atoms with E-state index in [1.807, 2.05) is 13.8 Å². The third-order valence-corrected chi connectivity index (χ3v) is 1.95. The van der Waals surface area contributed by atoms with Gasteiger partial charge in [0.25, 0.3) is 0 Å². The Labute approximate surface area is 103 Å². The highest BCUT2D eigenvalue weighted by Gasteiger charge is 2.29. The van der Waals surface area contributed by atoms with Crippen molar-refractivity contribution in [1.82, 2.24) is 10.6 Å². The summed E-state index contributed by atoms with van der Waals surface area (Å²) in [6, 6.07) is -2.01. The molecule has 18 heavy (non-hydrogen) atoms. The van der Waals surface area contributed by atoms with Gasteiger partial charge < -0.3 is 15.4 Å². The van der Waals surface area contributed by atoms with Gasteiger partial charge in [-0.2, -0.15) is 13.2 Å². The van der Waals surface area contributed by atoms with Crippen molar-refractivity contribution < 1.29 is 27.5 Å². The summed E-state index contributed by atoms with van der Waals surface area (Å²) in [7, 11) is 1.14. The first-order valence-electron chi connectivity index (χ1n) is 5.34. The van der Waals surface area contributed by atoms with E-state index in [-0.39, 0.29) is 12.3 Å². The van der Waals surface area contributed by atoms with E-state index in [9.17, 15) is 22.8 Å². The van der Waals surface area contributed by atoms with Crippen molar-refractivity contribution in [2.24, 2.45) is 5.92 Å². The Kier molecular flexibility index (Phi) is 6.50. The van der Waals surface area contributed by atoms with Crippen molar-refractivity contribution in [3.05, 3.63) is 0 Å². The van der Waals surface area contributed by atoms with Crippen molar-refractivity contribution in [3.8, 4) is 0 Å². The summed E-state index contributed by atoms with van der Waals surface area (Å²) in [5.41, 5.74) is 0. The molecule has 8 heteroatoms. The minimum absolute atomic E-state index is 0.0806. The molecule has 5 nitrogen and oxygen atoms in total. The van der Waals surface area contributed by atoms with Gasteiger partial charge in [-0.3, -0.25) is 0 Å². The summed E-state index contributed by atoms with van der Waals surface area (Å²) < 4.78 is 40.0. The summed E-state index contributed by atoms with van der Waals surface area (Å²) in [4.78, 5) is 22.5. The monoisotopic (exact) mass is 270 g/mol. The van der Waals surface area contributed by atoms with Gasteiger partial charge in [-0.15, -0.1) is 0 Å². The van der Waals surface area contributed by atoms with Crippen LogP contribution >= 0.6 is 0 Å². The highest BCUT2D eigenvalue weighted by Crippen LogP contribution is 2.12. The lowest BCUT2D eigenvalue weighted by Gasteiger charge is -2.18. The van der Waals surface area contributed by atoms with Gasteiger partial charge in [0.05, 0.1) is 7.11 Å². The van der Waals surface area contributed by atoms with Gasteiger partial charge >= 0.3 is 18.2 Å². The van der Waals surface area contributed by atoms with Gasteiger partial charge in [-0.05, 0) is 12.3 Å². The molecule has 0 saturated heterocycles. The van der Waals surface area contributed by atoms with Gasteiger partial charge in [0.1, 0.15) is 12.6 Å². The lowest BCUT2D eigenvalue weighted by molar-refractivity contribution is -0.143. The fourth-order valence-electron chi connectivity index (χ4n) is 1.22. The maximum atomic E-state index is 11.9. The average molecular weight is 270 g/mol. The van der Waals surface area contributed by atoms with E-state index in [2.05, 4.69) is 10.1 Å². The largest absolute Gasteiger partial charge is 0.467 e. The second-order valence-electron chi connectivity index (χ2n) is 4.15. The summed E-state index contributed by atoms with van der Waals surface area (Å²) >= 11 is 0. The molecular weight excluding hydrogens is 253 g/mol. The zero-order valence-electron chi connectivity index (χ0n) is 10.4. The first-order chi connectivity index (χ1) is 8.15. The number of carbonyl (C=O) groups excluding carboxylic acids is 2. The maximum Gasteiger partial charge on any atom is 0.405 e. The molecule has 0 rings (SSSR count). The Hall–Kier alpha value is -1.47. The molecule has 0 aliphatic carbocycles. The van der Waals surface area contributed by atoms with E-state index in [0.29, 0.717) is 0 Å². The Balaban J connectivity index is 4.31. The van der Waals surface area contributed by atoms with Crippen LogP contribution in [-0.4, -0.2) is 37.9 Å². The van der Waals surface area contributed by atoms with E-state index in [1.54, 1.807) is 5.32 Å². The molecule has 1 unspecified atom stereocenters. The third kappa shape index (κ3) is 7.75. The number of alkyl halides is 3. The van der Waals surface area contributed by atoms with Crippen LogP contribution in [0.4, 0.5) is 18.0 Å². The molecule has 106 valence electrons. The lowest BCUT2D eigenvalue weighted by Crippen LogP contribution is -2.48. The minimum atomic E-state index is -4.49. The molecule has 0 aromatic carbocycles. The molecule has 0 aliphatic heterocycles. The number of ether oxygens (including phenoxy) is 1. The van der Waals surface area contributed by atoms with Gasteiger partial charge in [0.15, 0.2) is 0 Å². The second-order valence-corrected chi connectivity index (χ2v) is 4.15. The first-order valence-corrected chi connectivity index (χ1v) is 5.34. The number of hydrogen-bond donors (Lipinski definition) is 2. The molecule has 0 radical (unpaired) electrons. The summed E-state index contributed by atoms with van der Waals surface area (Å²) in [6.07, 6.45) is -4.21. The van der Waals surface area contributed by atoms with Gasteiger partial charge in [-0.1, -0.05) is 13.8 Å². The number of nitrogens with one attached hydrogen (secondary N) is 2. The fourth-order valence-corrected chi connectivity index (χ4v) is 1.22. The Morgan fingerprint density at radius 2 is 1.83 bits per heavy atom. The van der Waals surface area contributed by atoms with Crippen LogP contribution in [-0.2, 0) is 9.53 Å². The zero-order valence-corrected chi connectivity index (χ0v) is 10.4. The van der Waals surface area contributed by atoms with Crippen LogP contribution < -0.4 is 10.6 Å². The number of halogens is 3. The lowest BCUT2D eigenvalue weighted by atomic mass is 10.0. The number of hydrogen-bond acceptors (Lipinski definition) is 3. The summed E-state index contributed by atoms with van der Waals surface area (Å²) in [6.45, 7) is 2.17. The number of rotatable bonds is 5. The van der Waals surface area contributed by atoms with Crippen molar-refractivity contribution in [1.29, 1.82) is 0 Å². The van der Waals surface area contributed by atoms with Crippen LogP contribution in [0, 0.1) is 5.92 Å². The molecule has 2 amide bonds. The Bertz CT molecular complexity index is 293. The molecular formula is C10H17F3N2O3. The van der Waals surface area contributed by atoms with Gasteiger partial charge in [0, 0.05) is 0 Å². The van der Waals surface area contributed by atoms with Crippen LogP contribution in [0.25, 0.3) is 0 Å². The molecule has 0 saturated carbocycles. The maximum absolute atomic E-state index is 11.9. The van der Waals surface area contributed by atoms with Crippen LogP contribution in [0.3, 0.4) is 0 Å². The molecule has 0 spiro atoms. The normalized spacial score (nSPS) is 13.1. The van der Waals surface area contributed by atoms with Crippen LogP contribution in [0.5, 0.6) is 0 Å². The predicted molar refractivity (Wildman–Crippen MR) is 57.8 cm³/mol. The van der Waals surface area contributed by atoms with Crippen LogP contribution in [0.2, 0.25) is 0 Å². The Morgan fingerprint density at radius 3 is 2.22 bits per heavy atom. The Morgan fingerprint density at radius 1 is 1.28 bits per heavy atom. The van der Waals surface area contributed by atoms with E-state index in [4.69, 9.17) is 0 Å². The van der Waals surface area contributed by atoms with Crippen LogP contribution in [0.1, 0.15) is 20.3 Å². The SMILES string of the molecule is COC(=O)C(CC(C)C)NC(=O)NCC(F)(F)F. The third-order valence-electron chi connectivity index (χ3n) is 1.95. The molecule has 0 bridgehead atoms. The summed E-state index contributed by atoms with van der Waals surface area (Å²) in [5, 5.41) is 3.77. The topological polar surface area (TPSA) is 67.4 Å². The van der Waals surface area contributed by atoms with E-state index >= 15 is 0 Å². The quantitative estimate of drug-likeness (QED) is 0.743. The van der Waals surface area contributed by atoms with Crippen LogP contribution in [0.15, 0.2) is 0 Å². The molecule has 0 aliphatic rings. The summed E-state index contributed by atoms with van der Waals surface area (Å²) in [5.74, 6) is -0.608. The molecule has 0 aromatic rings. The first kappa shape index (κ1) is 16.5. The average Bonchev–Trinajstić information content (AvgIpc) is 2.22. The second kappa shape index (κ2) is 7.07. The smallest absolute Gasteiger partial charge is 0.405 e. The standard InChI is InChI=1S/C10H17F3N2O3/c1-6(2)4-7(8(16)18-3)15-9(17)14-5-10(11,12)13/h6-7H,4-5H2,1-3H3,(H2,14,15,17). The molecule has 1 atom stereocenters. The molecule has 0 aromatic heterocycles. The number of urea groups is 1. The molecule has 0 heterocycles. The number of carbonyl (C=O) groups is 2. The number of esters is 1. The highest BCUT2D eigenvalue weighted by atomic mass is 19.4. The van der Waals surface area contributed by atoms with E-state index < -0.39 is 30.8 Å². The van der Waals surface area contributed by atoms with E-state index in [0.717, 1.165) is 7.11 Å². The minimum Gasteiger partial charge on any atom is -0.467 e. The van der Waals surface area contributed by atoms with Crippen molar-refractivity contribution in [3.63, 3.8) is 0 Å². The highest BCUT2D eigenvalue weighted by molar-refractivity contribution is 5.83. The zero-order chi connectivity index (χ0) is 14.3. The van der Waals surface area contributed by atoms with Gasteiger partial charge in [-0.25, -0.2) is 9.59 Å². The number of methoxy groups -OCH3 is 1. The van der Waals surface area contributed by atoms with E-state index in [1.165, 1.54) is 0 Å². The van der Waals surface area contributed by atoms with Gasteiger partial charge in [0.2, 0.25) is 0 Å². The fraction of sp³-hybridized carbons (Fsp3) is 0.800. The predicted octanol–water partition coefficient (Wildman–Crippen LogP) is 1.44. The molecule has 0 fully saturated rings. The molecule has 2 N–H and O–H groups in total. The van der Waals surface area contributed by atoms with Crippen molar-refractivity contribution >= 4 is 12.0 Å². The number of amides is 2.